The van der Waals surface area contributed by atoms with Gasteiger partial charge in [0.05, 0.1) is 13.2 Å². The zero-order valence-corrected chi connectivity index (χ0v) is 11.4. The van der Waals surface area contributed by atoms with Crippen LogP contribution in [0.15, 0.2) is 24.3 Å². The van der Waals surface area contributed by atoms with Crippen LogP contribution in [0.25, 0.3) is 0 Å². The number of hydrogen-bond acceptors (Lipinski definition) is 3. The number of nitrogens with zero attached hydrogens (tertiary/aromatic N) is 2. The van der Waals surface area contributed by atoms with Crippen molar-refractivity contribution in [2.75, 3.05) is 32.8 Å². The van der Waals surface area contributed by atoms with Gasteiger partial charge in [-0.25, -0.2) is 4.39 Å². The molecule has 0 saturated carbocycles. The molecule has 2 aliphatic rings. The van der Waals surface area contributed by atoms with Crippen LogP contribution in [0, 0.1) is 5.82 Å². The molecule has 1 atom stereocenters. The van der Waals surface area contributed by atoms with Crippen molar-refractivity contribution in [3.8, 4) is 0 Å². The molecule has 2 saturated heterocycles. The number of likely N-dealkylation sites (tertiary alicyclic amines) is 1. The Balaban J connectivity index is 1.60. The molecular weight excluding hydrogens is 259 g/mol. The van der Waals surface area contributed by atoms with E-state index in [1.165, 1.54) is 12.1 Å². The van der Waals surface area contributed by atoms with Crippen LogP contribution in [0.2, 0.25) is 0 Å². The van der Waals surface area contributed by atoms with E-state index < -0.39 is 0 Å². The van der Waals surface area contributed by atoms with E-state index in [-0.39, 0.29) is 11.7 Å². The molecule has 3 rings (SSSR count). The van der Waals surface area contributed by atoms with E-state index in [1.54, 1.807) is 12.1 Å². The fraction of sp³-hybridized carbons (Fsp3) is 0.533. The molecule has 0 aliphatic carbocycles. The minimum Gasteiger partial charge on any atom is -0.379 e. The van der Waals surface area contributed by atoms with Crippen LogP contribution < -0.4 is 0 Å². The van der Waals surface area contributed by atoms with Crippen LogP contribution in [0.4, 0.5) is 4.39 Å². The molecule has 1 aromatic rings. The molecule has 2 fully saturated rings. The van der Waals surface area contributed by atoms with Crippen molar-refractivity contribution in [1.29, 1.82) is 0 Å². The van der Waals surface area contributed by atoms with Gasteiger partial charge in [0.2, 0.25) is 5.91 Å². The van der Waals surface area contributed by atoms with Crippen molar-refractivity contribution in [2.24, 2.45) is 0 Å². The van der Waals surface area contributed by atoms with Gasteiger partial charge in [-0.1, -0.05) is 12.1 Å². The summed E-state index contributed by atoms with van der Waals surface area (Å²) in [5.74, 6) is -0.0569. The van der Waals surface area contributed by atoms with Gasteiger partial charge in [-0.2, -0.15) is 0 Å². The Kier molecular flexibility index (Phi) is 3.98. The first-order valence-electron chi connectivity index (χ1n) is 7.06. The Morgan fingerprint density at radius 1 is 1.20 bits per heavy atom. The number of morpholine rings is 1. The van der Waals surface area contributed by atoms with Crippen LogP contribution >= 0.6 is 0 Å². The molecule has 20 heavy (non-hydrogen) atoms. The SMILES string of the molecule is O=C1CC(N2CCOCC2)CN1Cc1ccc(F)cc1. The summed E-state index contributed by atoms with van der Waals surface area (Å²) in [5, 5.41) is 0. The van der Waals surface area contributed by atoms with Gasteiger partial charge in [-0.05, 0) is 17.7 Å². The molecule has 1 amide bonds. The van der Waals surface area contributed by atoms with Gasteiger partial charge >= 0.3 is 0 Å². The molecule has 0 radical (unpaired) electrons. The van der Waals surface area contributed by atoms with Crippen molar-refractivity contribution in [3.05, 3.63) is 35.6 Å². The van der Waals surface area contributed by atoms with E-state index in [2.05, 4.69) is 4.90 Å². The number of benzene rings is 1. The van der Waals surface area contributed by atoms with Gasteiger partial charge < -0.3 is 9.64 Å². The van der Waals surface area contributed by atoms with Crippen LogP contribution in [0.3, 0.4) is 0 Å². The number of carbonyl (C=O) groups is 1. The third kappa shape index (κ3) is 2.99. The van der Waals surface area contributed by atoms with E-state index >= 15 is 0 Å². The van der Waals surface area contributed by atoms with Crippen molar-refractivity contribution < 1.29 is 13.9 Å². The van der Waals surface area contributed by atoms with Crippen molar-refractivity contribution in [1.82, 2.24) is 9.80 Å². The highest BCUT2D eigenvalue weighted by Gasteiger charge is 2.33. The smallest absolute Gasteiger partial charge is 0.224 e. The second-order valence-electron chi connectivity index (χ2n) is 5.41. The topological polar surface area (TPSA) is 32.8 Å². The van der Waals surface area contributed by atoms with Crippen molar-refractivity contribution in [3.63, 3.8) is 0 Å². The minimum absolute atomic E-state index is 0.186. The number of rotatable bonds is 3. The molecule has 108 valence electrons. The lowest BCUT2D eigenvalue weighted by Crippen LogP contribution is -2.44. The first kappa shape index (κ1) is 13.5. The predicted octanol–water partition coefficient (Wildman–Crippen LogP) is 1.26. The standard InChI is InChI=1S/C15H19FN2O2/c16-13-3-1-12(2-4-13)10-18-11-14(9-15(18)19)17-5-7-20-8-6-17/h1-4,14H,5-11H2. The number of hydrogen-bond donors (Lipinski definition) is 0. The number of carbonyl (C=O) groups excluding carboxylic acids is 1. The van der Waals surface area contributed by atoms with Gasteiger partial charge in [-0.15, -0.1) is 0 Å². The molecule has 1 unspecified atom stereocenters. The molecule has 0 spiro atoms. The third-order valence-electron chi connectivity index (χ3n) is 4.04. The maximum absolute atomic E-state index is 12.9. The highest BCUT2D eigenvalue weighted by atomic mass is 19.1. The largest absolute Gasteiger partial charge is 0.379 e. The summed E-state index contributed by atoms with van der Waals surface area (Å²) < 4.78 is 18.2. The summed E-state index contributed by atoms with van der Waals surface area (Å²) in [7, 11) is 0. The summed E-state index contributed by atoms with van der Waals surface area (Å²) in [4.78, 5) is 16.3. The normalized spacial score (nSPS) is 24.4. The van der Waals surface area contributed by atoms with Gasteiger partial charge in [0.25, 0.3) is 0 Å². The van der Waals surface area contributed by atoms with E-state index in [1.807, 2.05) is 4.90 Å². The molecule has 2 aliphatic heterocycles. The number of amides is 1. The summed E-state index contributed by atoms with van der Waals surface area (Å²) in [6, 6.07) is 6.66. The van der Waals surface area contributed by atoms with E-state index in [0.717, 1.165) is 38.4 Å². The summed E-state index contributed by atoms with van der Waals surface area (Å²) in [6.07, 6.45) is 0.585. The van der Waals surface area contributed by atoms with Gasteiger partial charge in [-0.3, -0.25) is 9.69 Å². The zero-order chi connectivity index (χ0) is 13.9. The lowest BCUT2D eigenvalue weighted by molar-refractivity contribution is -0.128. The van der Waals surface area contributed by atoms with Gasteiger partial charge in [0.1, 0.15) is 5.82 Å². The number of halogens is 1. The average Bonchev–Trinajstić information content (AvgIpc) is 2.84. The molecule has 0 bridgehead atoms. The highest BCUT2D eigenvalue weighted by Crippen LogP contribution is 2.20. The minimum atomic E-state index is -0.243. The maximum atomic E-state index is 12.9. The molecule has 0 aromatic heterocycles. The zero-order valence-electron chi connectivity index (χ0n) is 11.4. The van der Waals surface area contributed by atoms with Crippen LogP contribution in [-0.4, -0.2) is 54.6 Å². The monoisotopic (exact) mass is 278 g/mol. The van der Waals surface area contributed by atoms with E-state index in [0.29, 0.717) is 19.0 Å². The second kappa shape index (κ2) is 5.89. The van der Waals surface area contributed by atoms with Gasteiger partial charge in [0.15, 0.2) is 0 Å². The fourth-order valence-electron chi connectivity index (χ4n) is 2.90. The Morgan fingerprint density at radius 2 is 1.90 bits per heavy atom. The van der Waals surface area contributed by atoms with Gasteiger partial charge in [0, 0.05) is 38.6 Å². The molecule has 2 heterocycles. The maximum Gasteiger partial charge on any atom is 0.224 e. The van der Waals surface area contributed by atoms with E-state index in [9.17, 15) is 9.18 Å². The lowest BCUT2D eigenvalue weighted by Gasteiger charge is -2.31. The molecule has 0 N–H and O–H groups in total. The Bertz CT molecular complexity index is 471. The van der Waals surface area contributed by atoms with Crippen molar-refractivity contribution >= 4 is 5.91 Å². The fourth-order valence-corrected chi connectivity index (χ4v) is 2.90. The predicted molar refractivity (Wildman–Crippen MR) is 72.6 cm³/mol. The quantitative estimate of drug-likeness (QED) is 0.834. The highest BCUT2D eigenvalue weighted by molar-refractivity contribution is 5.79. The average molecular weight is 278 g/mol. The Morgan fingerprint density at radius 3 is 2.60 bits per heavy atom. The molecular formula is C15H19FN2O2. The lowest BCUT2D eigenvalue weighted by atomic mass is 10.2. The molecule has 1 aromatic carbocycles. The summed E-state index contributed by atoms with van der Waals surface area (Å²) >= 11 is 0. The van der Waals surface area contributed by atoms with Crippen molar-refractivity contribution in [2.45, 2.75) is 19.0 Å². The molecule has 4 nitrogen and oxygen atoms in total. The first-order chi connectivity index (χ1) is 9.72. The second-order valence-corrected chi connectivity index (χ2v) is 5.41. The number of ether oxygens (including phenoxy) is 1. The van der Waals surface area contributed by atoms with Crippen LogP contribution in [-0.2, 0) is 16.1 Å². The van der Waals surface area contributed by atoms with E-state index in [4.69, 9.17) is 4.74 Å². The Labute approximate surface area is 118 Å². The third-order valence-corrected chi connectivity index (χ3v) is 4.04. The first-order valence-corrected chi connectivity index (χ1v) is 7.06. The molecule has 5 heteroatoms. The van der Waals surface area contributed by atoms with Crippen LogP contribution in [0.1, 0.15) is 12.0 Å². The summed E-state index contributed by atoms with van der Waals surface area (Å²) in [5.41, 5.74) is 0.974. The summed E-state index contributed by atoms with van der Waals surface area (Å²) in [6.45, 7) is 4.64. The van der Waals surface area contributed by atoms with Crippen LogP contribution in [0.5, 0.6) is 0 Å². The Hall–Kier alpha value is -1.46.